The zero-order valence-corrected chi connectivity index (χ0v) is 8.35. The van der Waals surface area contributed by atoms with Crippen molar-refractivity contribution in [3.8, 4) is 0 Å². The number of hydroxylamine groups is 2. The Morgan fingerprint density at radius 1 is 1.64 bits per heavy atom. The fourth-order valence-corrected chi connectivity index (χ4v) is 1.26. The first-order chi connectivity index (χ1) is 5.22. The van der Waals surface area contributed by atoms with Crippen LogP contribution in [0.5, 0.6) is 0 Å². The zero-order chi connectivity index (χ0) is 8.69. The van der Waals surface area contributed by atoms with Gasteiger partial charge in [0.05, 0.1) is 5.88 Å². The molecule has 0 fully saturated rings. The molecule has 0 bridgehead atoms. The summed E-state index contributed by atoms with van der Waals surface area (Å²) >= 11 is 3.98. The molecule has 0 radical (unpaired) electrons. The van der Waals surface area contributed by atoms with Crippen molar-refractivity contribution >= 4 is 19.9 Å². The zero-order valence-electron chi connectivity index (χ0n) is 7.45. The van der Waals surface area contributed by atoms with Crippen molar-refractivity contribution in [2.75, 3.05) is 5.88 Å². The molecule has 66 valence electrons. The van der Waals surface area contributed by atoms with Crippen LogP contribution in [-0.2, 0) is 0 Å². The quantitative estimate of drug-likeness (QED) is 0.210. The van der Waals surface area contributed by atoms with Crippen molar-refractivity contribution in [1.82, 2.24) is 5.06 Å². The summed E-state index contributed by atoms with van der Waals surface area (Å²) in [7, 11) is 1.06. The second-order valence-electron chi connectivity index (χ2n) is 2.93. The molecule has 1 unspecified atom stereocenters. The van der Waals surface area contributed by atoms with Crippen molar-refractivity contribution in [2.45, 2.75) is 39.0 Å². The van der Waals surface area contributed by atoms with Gasteiger partial charge in [0, 0.05) is 5.94 Å². The maximum Gasteiger partial charge on any atom is 0.145 e. The van der Waals surface area contributed by atoms with Gasteiger partial charge in [0.25, 0.3) is 0 Å². The lowest BCUT2D eigenvalue weighted by molar-refractivity contribution is -0.0809. The van der Waals surface area contributed by atoms with E-state index in [0.29, 0.717) is 5.88 Å². The smallest absolute Gasteiger partial charge is 0.145 e. The predicted molar refractivity (Wildman–Crippen MR) is 53.8 cm³/mol. The fourth-order valence-electron chi connectivity index (χ4n) is 0.978. The first-order valence-electron chi connectivity index (χ1n) is 4.28. The standard InChI is InChI=1S/C7H18BNOS/c1-3-4-5-8-7(2)9(10)6-11/h7-8,10-11H,3-6H2,1-2H3. The lowest BCUT2D eigenvalue weighted by atomic mass is 9.66. The first kappa shape index (κ1) is 11.3. The molecule has 0 spiro atoms. The van der Waals surface area contributed by atoms with Gasteiger partial charge in [0.15, 0.2) is 0 Å². The Morgan fingerprint density at radius 3 is 2.73 bits per heavy atom. The van der Waals surface area contributed by atoms with Crippen LogP contribution >= 0.6 is 12.6 Å². The topological polar surface area (TPSA) is 23.5 Å². The number of nitrogens with zero attached hydrogens (tertiary/aromatic N) is 1. The third kappa shape index (κ3) is 5.59. The number of unbranched alkanes of at least 4 members (excludes halogenated alkanes) is 1. The van der Waals surface area contributed by atoms with E-state index in [1.54, 1.807) is 0 Å². The van der Waals surface area contributed by atoms with Gasteiger partial charge in [-0.15, -0.1) is 0 Å². The Balaban J connectivity index is 3.28. The lowest BCUT2D eigenvalue weighted by Crippen LogP contribution is -2.33. The van der Waals surface area contributed by atoms with Crippen LogP contribution in [-0.4, -0.2) is 29.4 Å². The van der Waals surface area contributed by atoms with Crippen LogP contribution in [0.1, 0.15) is 26.7 Å². The molecule has 0 aromatic rings. The highest BCUT2D eigenvalue weighted by Gasteiger charge is 2.09. The maximum absolute atomic E-state index is 9.18. The van der Waals surface area contributed by atoms with Gasteiger partial charge < -0.3 is 5.21 Å². The maximum atomic E-state index is 9.18. The van der Waals surface area contributed by atoms with E-state index < -0.39 is 0 Å². The molecule has 4 heteroatoms. The highest BCUT2D eigenvalue weighted by Crippen LogP contribution is 2.00. The van der Waals surface area contributed by atoms with Crippen LogP contribution < -0.4 is 0 Å². The normalized spacial score (nSPS) is 13.5. The van der Waals surface area contributed by atoms with Gasteiger partial charge in [-0.1, -0.05) is 33.0 Å². The third-order valence-corrected chi connectivity index (χ3v) is 2.17. The summed E-state index contributed by atoms with van der Waals surface area (Å²) in [6, 6.07) is 0. The minimum absolute atomic E-state index is 0.249. The molecule has 0 aliphatic heterocycles. The second-order valence-corrected chi connectivity index (χ2v) is 3.21. The molecule has 0 aromatic carbocycles. The summed E-state index contributed by atoms with van der Waals surface area (Å²) in [6.07, 6.45) is 3.69. The Morgan fingerprint density at radius 2 is 2.27 bits per heavy atom. The van der Waals surface area contributed by atoms with Crippen LogP contribution in [0, 0.1) is 0 Å². The lowest BCUT2D eigenvalue weighted by Gasteiger charge is -2.19. The summed E-state index contributed by atoms with van der Waals surface area (Å²) in [5, 5.41) is 10.5. The molecule has 0 aromatic heterocycles. The average Bonchev–Trinajstić information content (AvgIpc) is 2.03. The van der Waals surface area contributed by atoms with Gasteiger partial charge in [-0.3, -0.25) is 0 Å². The fraction of sp³-hybridized carbons (Fsp3) is 1.00. The Bertz CT molecular complexity index is 94.5. The molecule has 0 aliphatic rings. The predicted octanol–water partition coefficient (Wildman–Crippen LogP) is 1.57. The van der Waals surface area contributed by atoms with Crippen LogP contribution in [0.15, 0.2) is 0 Å². The van der Waals surface area contributed by atoms with Crippen molar-refractivity contribution in [1.29, 1.82) is 0 Å². The van der Waals surface area contributed by atoms with E-state index in [4.69, 9.17) is 0 Å². The molecule has 2 nitrogen and oxygen atoms in total. The Kier molecular flexibility index (Phi) is 7.22. The van der Waals surface area contributed by atoms with Gasteiger partial charge >= 0.3 is 0 Å². The van der Waals surface area contributed by atoms with Crippen LogP contribution in [0.2, 0.25) is 6.32 Å². The molecule has 11 heavy (non-hydrogen) atoms. The van der Waals surface area contributed by atoms with Crippen molar-refractivity contribution < 1.29 is 5.21 Å². The monoisotopic (exact) mass is 175 g/mol. The van der Waals surface area contributed by atoms with Crippen molar-refractivity contribution in [3.63, 3.8) is 0 Å². The largest absolute Gasteiger partial charge is 0.314 e. The van der Waals surface area contributed by atoms with Crippen LogP contribution in [0.4, 0.5) is 0 Å². The van der Waals surface area contributed by atoms with E-state index in [2.05, 4.69) is 19.6 Å². The highest BCUT2D eigenvalue weighted by atomic mass is 32.1. The summed E-state index contributed by atoms with van der Waals surface area (Å²) in [5.41, 5.74) is 0. The van der Waals surface area contributed by atoms with E-state index in [1.165, 1.54) is 24.2 Å². The van der Waals surface area contributed by atoms with Gasteiger partial charge in [0.2, 0.25) is 0 Å². The summed E-state index contributed by atoms with van der Waals surface area (Å²) in [4.78, 5) is 0. The van der Waals surface area contributed by atoms with Gasteiger partial charge in [-0.2, -0.15) is 17.7 Å². The van der Waals surface area contributed by atoms with Crippen molar-refractivity contribution in [2.24, 2.45) is 0 Å². The van der Waals surface area contributed by atoms with E-state index in [0.717, 1.165) is 7.28 Å². The minimum atomic E-state index is 0.249. The molecule has 0 saturated carbocycles. The van der Waals surface area contributed by atoms with Gasteiger partial charge in [-0.25, -0.2) is 0 Å². The number of hydrogen-bond acceptors (Lipinski definition) is 3. The highest BCUT2D eigenvalue weighted by molar-refractivity contribution is 7.80. The molecule has 0 saturated heterocycles. The summed E-state index contributed by atoms with van der Waals surface area (Å²) in [6.45, 7) is 4.20. The first-order valence-corrected chi connectivity index (χ1v) is 4.92. The van der Waals surface area contributed by atoms with Crippen LogP contribution in [0.3, 0.4) is 0 Å². The summed E-state index contributed by atoms with van der Waals surface area (Å²) < 4.78 is 0. The van der Waals surface area contributed by atoms with Crippen LogP contribution in [0.25, 0.3) is 0 Å². The number of rotatable bonds is 6. The molecule has 0 rings (SSSR count). The van der Waals surface area contributed by atoms with Crippen molar-refractivity contribution in [3.05, 3.63) is 0 Å². The SMILES string of the molecule is CCCCBC(C)N(O)CS. The van der Waals surface area contributed by atoms with E-state index >= 15 is 0 Å². The third-order valence-electron chi connectivity index (χ3n) is 1.88. The number of thiol groups is 1. The second kappa shape index (κ2) is 7.01. The van der Waals surface area contributed by atoms with E-state index in [1.807, 2.05) is 6.92 Å². The van der Waals surface area contributed by atoms with E-state index in [-0.39, 0.29) is 5.94 Å². The Hall–Kier alpha value is 0.335. The Labute approximate surface area is 75.6 Å². The van der Waals surface area contributed by atoms with E-state index in [9.17, 15) is 5.21 Å². The molecule has 0 aliphatic carbocycles. The summed E-state index contributed by atoms with van der Waals surface area (Å²) in [5.74, 6) is 0.673. The van der Waals surface area contributed by atoms with Gasteiger partial charge in [0.1, 0.15) is 7.28 Å². The molecule has 1 atom stereocenters. The molecular formula is C7H18BNOS. The molecule has 0 amide bonds. The average molecular weight is 175 g/mol. The molecule has 1 N–H and O–H groups in total. The number of hydrogen-bond donors (Lipinski definition) is 2. The molecular weight excluding hydrogens is 157 g/mol. The molecule has 0 heterocycles. The minimum Gasteiger partial charge on any atom is -0.314 e. The van der Waals surface area contributed by atoms with Gasteiger partial charge in [-0.05, 0) is 0 Å².